The normalized spacial score (nSPS) is 16.9. The van der Waals surface area contributed by atoms with Gasteiger partial charge in [-0.1, -0.05) is 78.9 Å². The van der Waals surface area contributed by atoms with Crippen molar-refractivity contribution in [1.29, 1.82) is 0 Å². The van der Waals surface area contributed by atoms with Crippen LogP contribution in [0.25, 0.3) is 16.8 Å². The second-order valence-corrected chi connectivity index (χ2v) is 10.4. The maximum atomic E-state index is 15.2. The molecule has 38 heavy (non-hydrogen) atoms. The van der Waals surface area contributed by atoms with E-state index in [9.17, 15) is 0 Å². The highest BCUT2D eigenvalue weighted by molar-refractivity contribution is 6.42. The van der Waals surface area contributed by atoms with Crippen LogP contribution in [-0.4, -0.2) is 17.6 Å². The second-order valence-electron chi connectivity index (χ2n) is 10.4. The first kappa shape index (κ1) is 23.2. The number of aromatic nitrogens is 1. The molecule has 5 heteroatoms. The zero-order chi connectivity index (χ0) is 26.0. The average Bonchev–Trinajstić information content (AvgIpc) is 3.44. The van der Waals surface area contributed by atoms with E-state index in [1.165, 1.54) is 15.6 Å². The van der Waals surface area contributed by atoms with Crippen LogP contribution < -0.4 is 0 Å². The summed E-state index contributed by atoms with van der Waals surface area (Å²) < 4.78 is 31.6. The van der Waals surface area contributed by atoms with Crippen molar-refractivity contribution in [3.8, 4) is 11.3 Å². The third-order valence-electron chi connectivity index (χ3n) is 8.46. The van der Waals surface area contributed by atoms with Crippen molar-refractivity contribution >= 4 is 18.7 Å². The first-order valence-corrected chi connectivity index (χ1v) is 13.3. The number of rotatable bonds is 3. The molecule has 7 rings (SSSR count). The Morgan fingerprint density at radius 3 is 2.13 bits per heavy atom. The number of fused-ring (bicyclic) bond motifs is 6. The molecule has 0 saturated heterocycles. The summed E-state index contributed by atoms with van der Waals surface area (Å²) in [5, 5.41) is 0. The van der Waals surface area contributed by atoms with Crippen molar-refractivity contribution in [2.75, 3.05) is 0 Å². The van der Waals surface area contributed by atoms with Crippen molar-refractivity contribution in [3.05, 3.63) is 135 Å². The largest absolute Gasteiger partial charge is 0.678 e. The third kappa shape index (κ3) is 3.34. The van der Waals surface area contributed by atoms with Crippen molar-refractivity contribution in [2.24, 2.45) is 4.99 Å². The van der Waals surface area contributed by atoms with Gasteiger partial charge in [0, 0.05) is 28.1 Å². The summed E-state index contributed by atoms with van der Waals surface area (Å²) in [5.41, 5.74) is 13.5. The third-order valence-corrected chi connectivity index (χ3v) is 8.46. The van der Waals surface area contributed by atoms with Gasteiger partial charge in [0.15, 0.2) is 0 Å². The van der Waals surface area contributed by atoms with Crippen LogP contribution in [0, 0.1) is 6.92 Å². The molecule has 0 atom stereocenters. The molecule has 0 bridgehead atoms. The molecule has 0 saturated carbocycles. The number of aryl methyl sites for hydroxylation is 2. The molecule has 3 aliphatic rings. The summed E-state index contributed by atoms with van der Waals surface area (Å²) in [6.07, 6.45) is 3.49. The van der Waals surface area contributed by atoms with E-state index in [2.05, 4.69) is 37.3 Å². The quantitative estimate of drug-likeness (QED) is 0.255. The van der Waals surface area contributed by atoms with E-state index in [-0.39, 0.29) is 0 Å². The Labute approximate surface area is 222 Å². The van der Waals surface area contributed by atoms with Crippen molar-refractivity contribution in [3.63, 3.8) is 0 Å². The van der Waals surface area contributed by atoms with Crippen LogP contribution in [0.3, 0.4) is 0 Å². The van der Waals surface area contributed by atoms with Crippen molar-refractivity contribution in [1.82, 2.24) is 4.48 Å². The minimum Gasteiger partial charge on any atom is -0.324 e. The molecule has 2 nitrogen and oxygen atoms in total. The second kappa shape index (κ2) is 8.80. The fourth-order valence-corrected chi connectivity index (χ4v) is 6.66. The van der Waals surface area contributed by atoms with Crippen molar-refractivity contribution in [2.45, 2.75) is 39.5 Å². The van der Waals surface area contributed by atoms with Gasteiger partial charge in [0.25, 0.3) is 0 Å². The summed E-state index contributed by atoms with van der Waals surface area (Å²) in [5.74, 6) is 0. The van der Waals surface area contributed by atoms with Crippen LogP contribution >= 0.6 is 0 Å². The van der Waals surface area contributed by atoms with Gasteiger partial charge in [0.1, 0.15) is 0 Å². The minimum atomic E-state index is -2.68. The molecule has 186 valence electrons. The Morgan fingerprint density at radius 2 is 1.39 bits per heavy atom. The highest BCUT2D eigenvalue weighted by Crippen LogP contribution is 2.46. The predicted molar refractivity (Wildman–Crippen MR) is 152 cm³/mol. The zero-order valence-electron chi connectivity index (χ0n) is 21.6. The molecular formula is C33H27BF2N2. The van der Waals surface area contributed by atoms with E-state index < -0.39 is 7.40 Å². The summed E-state index contributed by atoms with van der Waals surface area (Å²) in [6, 6.07) is 26.4. The smallest absolute Gasteiger partial charge is 0.324 e. The number of aliphatic imine (C=N–C) groups is 1. The lowest BCUT2D eigenvalue weighted by Crippen LogP contribution is -2.19. The van der Waals surface area contributed by atoms with E-state index in [4.69, 9.17) is 4.99 Å². The summed E-state index contributed by atoms with van der Waals surface area (Å²) >= 11 is 0. The van der Waals surface area contributed by atoms with Gasteiger partial charge in [0.2, 0.25) is 0 Å². The predicted octanol–water partition coefficient (Wildman–Crippen LogP) is 7.86. The fourth-order valence-electron chi connectivity index (χ4n) is 6.66. The number of hydrogen-bond donors (Lipinski definition) is 0. The van der Waals surface area contributed by atoms with E-state index >= 15 is 8.63 Å². The molecule has 3 aromatic carbocycles. The summed E-state index contributed by atoms with van der Waals surface area (Å²) in [4.78, 5) is 5.24. The van der Waals surface area contributed by atoms with Crippen molar-refractivity contribution < 1.29 is 8.63 Å². The Morgan fingerprint density at radius 1 is 0.763 bits per heavy atom. The molecule has 4 aromatic rings. The Hall–Kier alpha value is -3.99. The number of benzene rings is 3. The molecule has 0 fully saturated rings. The number of allylic oxidation sites excluding steroid dienone is 2. The first-order chi connectivity index (χ1) is 18.5. The fraction of sp³-hybridized carbons (Fsp3) is 0.182. The van der Waals surface area contributed by atoms with E-state index in [0.29, 0.717) is 11.4 Å². The van der Waals surface area contributed by atoms with Crippen LogP contribution in [0.5, 0.6) is 0 Å². The van der Waals surface area contributed by atoms with Crippen LogP contribution in [0.15, 0.2) is 101 Å². The Balaban J connectivity index is 1.57. The highest BCUT2D eigenvalue weighted by atomic mass is 19.2. The van der Waals surface area contributed by atoms with Gasteiger partial charge in [-0.15, -0.1) is 0 Å². The zero-order valence-corrected chi connectivity index (χ0v) is 21.6. The van der Waals surface area contributed by atoms with Crippen LogP contribution in [0.1, 0.15) is 52.4 Å². The van der Waals surface area contributed by atoms with E-state index in [1.807, 2.05) is 55.5 Å². The number of halogens is 2. The maximum absolute atomic E-state index is 15.2. The lowest BCUT2D eigenvalue weighted by molar-refractivity contribution is 0.629. The monoisotopic (exact) mass is 500 g/mol. The summed E-state index contributed by atoms with van der Waals surface area (Å²) in [6.45, 7) is 4.12. The van der Waals surface area contributed by atoms with Gasteiger partial charge < -0.3 is 4.48 Å². The van der Waals surface area contributed by atoms with Gasteiger partial charge in [0.05, 0.1) is 11.4 Å². The molecule has 0 unspecified atom stereocenters. The van der Waals surface area contributed by atoms with Gasteiger partial charge in [-0.05, 0) is 78.5 Å². The van der Waals surface area contributed by atoms with Gasteiger partial charge >= 0.3 is 7.40 Å². The molecule has 0 spiro atoms. The molecular weight excluding hydrogens is 473 g/mol. The highest BCUT2D eigenvalue weighted by Gasteiger charge is 2.37. The van der Waals surface area contributed by atoms with E-state index in [1.54, 1.807) is 0 Å². The topological polar surface area (TPSA) is 17.3 Å². The molecule has 1 aliphatic heterocycles. The number of nitrogens with zero attached hydrogens (tertiary/aromatic N) is 2. The molecule has 0 radical (unpaired) electrons. The molecule has 1 aromatic heterocycles. The van der Waals surface area contributed by atoms with Crippen LogP contribution in [0.4, 0.5) is 8.63 Å². The standard InChI is InChI=1S/C33H27BF2N2/c1-20-25-18-16-22-10-6-8-14-27(22)31(25)37-30(20)29(24-12-4-3-5-13-24)32-21(2)26-19-17-23-11-7-9-15-28(23)33(26)38(32)34(35)36/h3-15H,16-19H2,1-2H3/b30-29-. The van der Waals surface area contributed by atoms with Gasteiger partial charge in [-0.3, -0.25) is 8.63 Å². The minimum absolute atomic E-state index is 0.583. The lowest BCUT2D eigenvalue weighted by Gasteiger charge is -2.20. The van der Waals surface area contributed by atoms with E-state index in [0.717, 1.165) is 81.6 Å². The maximum Gasteiger partial charge on any atom is 0.678 e. The molecule has 2 aliphatic carbocycles. The Bertz CT molecular complexity index is 1710. The van der Waals surface area contributed by atoms with Crippen LogP contribution in [0.2, 0.25) is 0 Å². The van der Waals surface area contributed by atoms with Gasteiger partial charge in [-0.25, -0.2) is 4.99 Å². The van der Waals surface area contributed by atoms with Gasteiger partial charge in [-0.2, -0.15) is 0 Å². The molecule has 2 heterocycles. The molecule has 0 amide bonds. The summed E-state index contributed by atoms with van der Waals surface area (Å²) in [7, 11) is -2.68. The molecule has 0 N–H and O–H groups in total. The average molecular weight is 500 g/mol. The first-order valence-electron chi connectivity index (χ1n) is 13.3. The SMILES string of the molecule is CC1=C2CCc3ccccc3C2=N/C1=C(/c1ccccc1)c1c(C)c2c(n1B(F)F)-c1ccccc1CC2. The number of hydrogen-bond acceptors (Lipinski definition) is 1. The Kier molecular flexibility index (Phi) is 5.36. The lowest BCUT2D eigenvalue weighted by atomic mass is 9.84. The van der Waals surface area contributed by atoms with Crippen LogP contribution in [-0.2, 0) is 19.3 Å².